The lowest BCUT2D eigenvalue weighted by Crippen LogP contribution is -2.30. The highest BCUT2D eigenvalue weighted by Gasteiger charge is 2.19. The van der Waals surface area contributed by atoms with E-state index in [-0.39, 0.29) is 37.5 Å². The molecule has 0 amide bonds. The average molecular weight is 1140 g/mol. The fraction of sp³-hybridized carbons (Fsp3) is 0.697. The van der Waals surface area contributed by atoms with Crippen LogP contribution in [0, 0.1) is 0 Å². The minimum absolute atomic E-state index is 0.0948. The first-order chi connectivity index (χ1) is 40.5. The van der Waals surface area contributed by atoms with Gasteiger partial charge in [-0.2, -0.15) is 0 Å². The third-order valence-corrected chi connectivity index (χ3v) is 14.7. The van der Waals surface area contributed by atoms with Crippen molar-refractivity contribution < 1.29 is 28.6 Å². The molecule has 6 nitrogen and oxygen atoms in total. The Morgan fingerprint density at radius 1 is 0.256 bits per heavy atom. The zero-order valence-corrected chi connectivity index (χ0v) is 53.7. The van der Waals surface area contributed by atoms with Gasteiger partial charge in [-0.25, -0.2) is 0 Å². The Hall–Kier alpha value is -4.19. The summed E-state index contributed by atoms with van der Waals surface area (Å²) in [6.07, 6.45) is 96.6. The third-order valence-electron chi connectivity index (χ3n) is 14.7. The van der Waals surface area contributed by atoms with Gasteiger partial charge < -0.3 is 14.2 Å². The molecular weight excluding hydrogens is 1010 g/mol. The van der Waals surface area contributed by atoms with Crippen LogP contribution in [0.15, 0.2) is 122 Å². The van der Waals surface area contributed by atoms with E-state index in [2.05, 4.69) is 142 Å². The molecule has 0 fully saturated rings. The van der Waals surface area contributed by atoms with Gasteiger partial charge in [-0.1, -0.05) is 296 Å². The van der Waals surface area contributed by atoms with Crippen LogP contribution < -0.4 is 0 Å². The van der Waals surface area contributed by atoms with Crippen LogP contribution >= 0.6 is 0 Å². The van der Waals surface area contributed by atoms with E-state index < -0.39 is 6.10 Å². The van der Waals surface area contributed by atoms with Crippen LogP contribution in [0.1, 0.15) is 323 Å². The first-order valence-electron chi connectivity index (χ1n) is 34.5. The molecule has 0 aromatic rings. The monoisotopic (exact) mass is 1140 g/mol. The van der Waals surface area contributed by atoms with E-state index >= 15 is 0 Å². The van der Waals surface area contributed by atoms with Crippen LogP contribution in [0.3, 0.4) is 0 Å². The molecule has 82 heavy (non-hydrogen) atoms. The molecule has 0 saturated carbocycles. The minimum Gasteiger partial charge on any atom is -0.462 e. The Bertz CT molecular complexity index is 1690. The van der Waals surface area contributed by atoms with Crippen molar-refractivity contribution in [2.45, 2.75) is 329 Å². The van der Waals surface area contributed by atoms with Crippen molar-refractivity contribution in [1.29, 1.82) is 0 Å². The smallest absolute Gasteiger partial charge is 0.306 e. The maximum Gasteiger partial charge on any atom is 0.306 e. The van der Waals surface area contributed by atoms with Crippen LogP contribution in [0.2, 0.25) is 0 Å². The van der Waals surface area contributed by atoms with E-state index in [1.165, 1.54) is 148 Å². The Morgan fingerprint density at radius 3 is 0.817 bits per heavy atom. The molecule has 468 valence electrons. The molecular formula is C76H128O6. The summed E-state index contributed by atoms with van der Waals surface area (Å²) in [5.74, 6) is -0.932. The highest BCUT2D eigenvalue weighted by Crippen LogP contribution is 2.17. The van der Waals surface area contributed by atoms with Crippen molar-refractivity contribution in [3.63, 3.8) is 0 Å². The molecule has 0 saturated heterocycles. The van der Waals surface area contributed by atoms with E-state index in [0.717, 1.165) is 135 Å². The molecule has 0 rings (SSSR count). The Kier molecular flexibility index (Phi) is 65.8. The lowest BCUT2D eigenvalue weighted by atomic mass is 10.0. The molecule has 0 heterocycles. The van der Waals surface area contributed by atoms with Gasteiger partial charge in [0.05, 0.1) is 0 Å². The minimum atomic E-state index is -0.802. The number of ether oxygens (including phenoxy) is 3. The number of hydrogen-bond acceptors (Lipinski definition) is 6. The van der Waals surface area contributed by atoms with Gasteiger partial charge in [0.25, 0.3) is 0 Å². The van der Waals surface area contributed by atoms with Crippen LogP contribution in [-0.4, -0.2) is 37.2 Å². The number of hydrogen-bond donors (Lipinski definition) is 0. The lowest BCUT2D eigenvalue weighted by Gasteiger charge is -2.18. The summed E-state index contributed by atoms with van der Waals surface area (Å²) in [6.45, 7) is 6.44. The Labute approximate surface area is 507 Å². The van der Waals surface area contributed by atoms with Crippen molar-refractivity contribution in [3.05, 3.63) is 122 Å². The van der Waals surface area contributed by atoms with Crippen LogP contribution in [0.25, 0.3) is 0 Å². The van der Waals surface area contributed by atoms with Crippen molar-refractivity contribution >= 4 is 17.9 Å². The first-order valence-corrected chi connectivity index (χ1v) is 34.5. The molecule has 0 aliphatic carbocycles. The predicted octanol–water partition coefficient (Wildman–Crippen LogP) is 23.9. The molecule has 0 aliphatic heterocycles. The van der Waals surface area contributed by atoms with Gasteiger partial charge in [-0.05, 0) is 128 Å². The van der Waals surface area contributed by atoms with Crippen molar-refractivity contribution in [2.75, 3.05) is 13.2 Å². The largest absolute Gasteiger partial charge is 0.462 e. The fourth-order valence-corrected chi connectivity index (χ4v) is 9.52. The molecule has 0 aliphatic rings. The molecule has 0 spiro atoms. The molecule has 6 heteroatoms. The number of unbranched alkanes of at least 4 members (excludes halogenated alkanes) is 31. The highest BCUT2D eigenvalue weighted by atomic mass is 16.6. The molecule has 1 atom stereocenters. The normalized spacial score (nSPS) is 12.9. The number of esters is 3. The second-order valence-electron chi connectivity index (χ2n) is 22.7. The molecule has 0 aromatic heterocycles. The van der Waals surface area contributed by atoms with Gasteiger partial charge in [0.15, 0.2) is 6.10 Å². The first kappa shape index (κ1) is 77.8. The second-order valence-corrected chi connectivity index (χ2v) is 22.7. The van der Waals surface area contributed by atoms with Gasteiger partial charge >= 0.3 is 17.9 Å². The van der Waals surface area contributed by atoms with Gasteiger partial charge in [0.1, 0.15) is 13.2 Å². The van der Waals surface area contributed by atoms with E-state index in [1.54, 1.807) is 0 Å². The molecule has 0 N–H and O–H groups in total. The number of carbonyl (C=O) groups excluding carboxylic acids is 3. The highest BCUT2D eigenvalue weighted by molar-refractivity contribution is 5.71. The molecule has 1 unspecified atom stereocenters. The molecule has 0 aromatic carbocycles. The van der Waals surface area contributed by atoms with Gasteiger partial charge in [-0.15, -0.1) is 0 Å². The van der Waals surface area contributed by atoms with Gasteiger partial charge in [-0.3, -0.25) is 14.4 Å². The zero-order valence-electron chi connectivity index (χ0n) is 53.7. The maximum atomic E-state index is 12.9. The second kappa shape index (κ2) is 69.3. The summed E-state index contributed by atoms with van der Waals surface area (Å²) in [7, 11) is 0. The topological polar surface area (TPSA) is 78.9 Å². The van der Waals surface area contributed by atoms with Crippen molar-refractivity contribution in [1.82, 2.24) is 0 Å². The molecule has 0 bridgehead atoms. The number of rotatable bonds is 62. The van der Waals surface area contributed by atoms with Gasteiger partial charge in [0, 0.05) is 19.3 Å². The average Bonchev–Trinajstić information content (AvgIpc) is 3.47. The molecule has 0 radical (unpaired) electrons. The van der Waals surface area contributed by atoms with Crippen LogP contribution in [0.4, 0.5) is 0 Å². The van der Waals surface area contributed by atoms with Gasteiger partial charge in [0.2, 0.25) is 0 Å². The summed E-state index contributed by atoms with van der Waals surface area (Å²) in [5, 5.41) is 0. The fourth-order valence-electron chi connectivity index (χ4n) is 9.52. The summed E-state index contributed by atoms with van der Waals surface area (Å²) < 4.78 is 16.9. The van der Waals surface area contributed by atoms with E-state index in [1.807, 2.05) is 0 Å². The van der Waals surface area contributed by atoms with E-state index in [0.29, 0.717) is 12.8 Å². The van der Waals surface area contributed by atoms with Crippen LogP contribution in [-0.2, 0) is 28.6 Å². The standard InChI is InChI=1S/C76H128O6/c1-4-7-10-13-16-19-22-24-26-28-30-32-34-36-37-38-39-41-42-44-46-48-50-52-54-57-60-63-66-69-75(78)81-72-73(71-80-74(77)68-65-62-59-56-21-18-15-12-9-6-3)82-76(79)70-67-64-61-58-55-53-51-49-47-45-43-40-35-33-31-29-27-25-23-20-17-14-11-8-5-2/h8,11-12,15,17,20,22,24-25,27-28,30-31,33,40,43,47,49,53,55,73H,4-7,9-10,13-14,16,18-19,21,23,26,29,32,34-39,41-42,44-46,48,50-52,54,56-72H2,1-3H3/b11-8-,15-12-,20-17-,24-22-,27-25-,30-28-,33-31-,43-40-,49-47-,55-53-. The SMILES string of the molecule is CC/C=C\C/C=C\C/C=C\C/C=C\C/C=C\C/C=C\C/C=C\CCCCCC(=O)OC(COC(=O)CCCCCCC/C=C\CCC)COC(=O)CCCCCCCCCCCCCCCCCCC/C=C\C/C=C\CCCCCCC. The van der Waals surface area contributed by atoms with E-state index in [4.69, 9.17) is 14.2 Å². The quantitative estimate of drug-likeness (QED) is 0.0261. The Balaban J connectivity index is 4.26. The third kappa shape index (κ3) is 66.6. The summed E-state index contributed by atoms with van der Waals surface area (Å²) in [5.41, 5.74) is 0. The Morgan fingerprint density at radius 2 is 0.500 bits per heavy atom. The zero-order chi connectivity index (χ0) is 59.2. The summed E-state index contributed by atoms with van der Waals surface area (Å²) in [6, 6.07) is 0. The number of carbonyl (C=O) groups is 3. The number of allylic oxidation sites excluding steroid dienone is 20. The summed E-state index contributed by atoms with van der Waals surface area (Å²) in [4.78, 5) is 38.3. The lowest BCUT2D eigenvalue weighted by molar-refractivity contribution is -0.167. The van der Waals surface area contributed by atoms with Crippen molar-refractivity contribution in [2.24, 2.45) is 0 Å². The summed E-state index contributed by atoms with van der Waals surface area (Å²) >= 11 is 0. The van der Waals surface area contributed by atoms with Crippen LogP contribution in [0.5, 0.6) is 0 Å². The maximum absolute atomic E-state index is 12.9. The predicted molar refractivity (Wildman–Crippen MR) is 357 cm³/mol. The van der Waals surface area contributed by atoms with Crippen molar-refractivity contribution in [3.8, 4) is 0 Å². The van der Waals surface area contributed by atoms with E-state index in [9.17, 15) is 14.4 Å².